The average molecular weight is 311 g/mol. The summed E-state index contributed by atoms with van der Waals surface area (Å²) in [6, 6.07) is 19.7. The zero-order valence-electron chi connectivity index (χ0n) is 13.6. The maximum Gasteiger partial charge on any atom is 0.220 e. The number of amides is 1. The van der Waals surface area contributed by atoms with Gasteiger partial charge in [-0.3, -0.25) is 4.79 Å². The molecule has 0 aromatic heterocycles. The van der Waals surface area contributed by atoms with Crippen LogP contribution in [0, 0.1) is 0 Å². The van der Waals surface area contributed by atoms with E-state index in [4.69, 9.17) is 0 Å². The van der Waals surface area contributed by atoms with E-state index in [1.807, 2.05) is 55.5 Å². The highest BCUT2D eigenvalue weighted by atomic mass is 16.3. The second-order valence-corrected chi connectivity index (χ2v) is 5.95. The summed E-state index contributed by atoms with van der Waals surface area (Å²) in [5, 5.41) is 13.1. The molecule has 2 aromatic carbocycles. The number of carbonyl (C=O) groups excluding carboxylic acids is 1. The van der Waals surface area contributed by atoms with Gasteiger partial charge in [0.05, 0.1) is 12.1 Å². The second kappa shape index (κ2) is 9.11. The van der Waals surface area contributed by atoms with Crippen LogP contribution in [0.2, 0.25) is 0 Å². The first-order valence-corrected chi connectivity index (χ1v) is 8.20. The molecule has 0 bridgehead atoms. The van der Waals surface area contributed by atoms with Crippen molar-refractivity contribution in [2.24, 2.45) is 0 Å². The van der Waals surface area contributed by atoms with Gasteiger partial charge < -0.3 is 10.4 Å². The molecule has 122 valence electrons. The summed E-state index contributed by atoms with van der Waals surface area (Å²) in [4.78, 5) is 12.0. The summed E-state index contributed by atoms with van der Waals surface area (Å²) >= 11 is 0. The molecule has 0 radical (unpaired) electrons. The molecule has 0 aliphatic carbocycles. The zero-order chi connectivity index (χ0) is 16.5. The summed E-state index contributed by atoms with van der Waals surface area (Å²) in [5.41, 5.74) is 2.32. The molecule has 3 nitrogen and oxygen atoms in total. The number of benzene rings is 2. The van der Waals surface area contributed by atoms with E-state index < -0.39 is 6.10 Å². The van der Waals surface area contributed by atoms with Crippen molar-refractivity contribution in [2.45, 2.75) is 44.8 Å². The Balaban J connectivity index is 1.69. The standard InChI is InChI=1S/C20H25NO2/c1-16(19(22)15-18-11-6-3-7-12-18)21-20(23)14-8-13-17-9-4-2-5-10-17/h2-7,9-12,16,19,22H,8,13-15H2,1H3,(H,21,23). The van der Waals surface area contributed by atoms with Crippen LogP contribution in [0.4, 0.5) is 0 Å². The second-order valence-electron chi connectivity index (χ2n) is 5.95. The van der Waals surface area contributed by atoms with Gasteiger partial charge in [0.15, 0.2) is 0 Å². The van der Waals surface area contributed by atoms with E-state index in [0.29, 0.717) is 12.8 Å². The van der Waals surface area contributed by atoms with Gasteiger partial charge in [-0.05, 0) is 30.9 Å². The largest absolute Gasteiger partial charge is 0.391 e. The third-order valence-electron chi connectivity index (χ3n) is 3.97. The van der Waals surface area contributed by atoms with Crippen molar-refractivity contribution in [1.29, 1.82) is 0 Å². The average Bonchev–Trinajstić information content (AvgIpc) is 2.56. The molecule has 0 aliphatic rings. The lowest BCUT2D eigenvalue weighted by molar-refractivity contribution is -0.122. The molecule has 0 spiro atoms. The summed E-state index contributed by atoms with van der Waals surface area (Å²) in [7, 11) is 0. The Kier molecular flexibility index (Phi) is 6.82. The Morgan fingerprint density at radius 3 is 2.17 bits per heavy atom. The van der Waals surface area contributed by atoms with Crippen LogP contribution in [0.5, 0.6) is 0 Å². The molecule has 2 N–H and O–H groups in total. The quantitative estimate of drug-likeness (QED) is 0.787. The van der Waals surface area contributed by atoms with E-state index in [1.165, 1.54) is 5.56 Å². The first kappa shape index (κ1) is 17.2. The summed E-state index contributed by atoms with van der Waals surface area (Å²) < 4.78 is 0. The van der Waals surface area contributed by atoms with E-state index in [-0.39, 0.29) is 11.9 Å². The highest BCUT2D eigenvalue weighted by molar-refractivity contribution is 5.76. The highest BCUT2D eigenvalue weighted by Crippen LogP contribution is 2.07. The van der Waals surface area contributed by atoms with Crippen molar-refractivity contribution in [1.82, 2.24) is 5.32 Å². The van der Waals surface area contributed by atoms with Crippen LogP contribution < -0.4 is 5.32 Å². The van der Waals surface area contributed by atoms with Gasteiger partial charge in [-0.1, -0.05) is 60.7 Å². The molecule has 1 amide bonds. The van der Waals surface area contributed by atoms with Crippen molar-refractivity contribution in [2.75, 3.05) is 0 Å². The fraction of sp³-hybridized carbons (Fsp3) is 0.350. The molecule has 23 heavy (non-hydrogen) atoms. The van der Waals surface area contributed by atoms with Gasteiger partial charge in [-0.2, -0.15) is 0 Å². The number of carbonyl (C=O) groups is 1. The number of aliphatic hydroxyl groups excluding tert-OH is 1. The summed E-state index contributed by atoms with van der Waals surface area (Å²) in [6.07, 6.45) is 2.17. The minimum Gasteiger partial charge on any atom is -0.391 e. The summed E-state index contributed by atoms with van der Waals surface area (Å²) in [5.74, 6) is 0.000503. The highest BCUT2D eigenvalue weighted by Gasteiger charge is 2.16. The van der Waals surface area contributed by atoms with Crippen molar-refractivity contribution in [3.63, 3.8) is 0 Å². The van der Waals surface area contributed by atoms with Gasteiger partial charge in [0.2, 0.25) is 5.91 Å². The molecule has 0 aliphatic heterocycles. The first-order chi connectivity index (χ1) is 11.1. The molecule has 0 fully saturated rings. The van der Waals surface area contributed by atoms with E-state index in [9.17, 15) is 9.90 Å². The van der Waals surface area contributed by atoms with Crippen LogP contribution in [0.25, 0.3) is 0 Å². The maximum absolute atomic E-state index is 12.0. The number of rotatable bonds is 8. The Hall–Kier alpha value is -2.13. The smallest absolute Gasteiger partial charge is 0.220 e. The number of hydrogen-bond donors (Lipinski definition) is 2. The normalized spacial score (nSPS) is 13.3. The molecule has 2 rings (SSSR count). The lowest BCUT2D eigenvalue weighted by atomic mass is 10.0. The Morgan fingerprint density at radius 2 is 1.57 bits per heavy atom. The van der Waals surface area contributed by atoms with Crippen LogP contribution in [0.3, 0.4) is 0 Å². The Morgan fingerprint density at radius 1 is 1.00 bits per heavy atom. The van der Waals surface area contributed by atoms with E-state index in [0.717, 1.165) is 18.4 Å². The van der Waals surface area contributed by atoms with Crippen LogP contribution in [-0.2, 0) is 17.6 Å². The number of aryl methyl sites for hydroxylation is 1. The first-order valence-electron chi connectivity index (χ1n) is 8.20. The fourth-order valence-corrected chi connectivity index (χ4v) is 2.55. The summed E-state index contributed by atoms with van der Waals surface area (Å²) in [6.45, 7) is 1.85. The predicted octanol–water partition coefficient (Wildman–Crippen LogP) is 3.12. The van der Waals surface area contributed by atoms with Gasteiger partial charge in [0, 0.05) is 12.8 Å². The molecule has 0 heterocycles. The molecule has 2 aromatic rings. The molecular weight excluding hydrogens is 286 g/mol. The number of hydrogen-bond acceptors (Lipinski definition) is 2. The van der Waals surface area contributed by atoms with Crippen molar-refractivity contribution in [3.05, 3.63) is 71.8 Å². The SMILES string of the molecule is CC(NC(=O)CCCc1ccccc1)C(O)Cc1ccccc1. The molecular formula is C20H25NO2. The van der Waals surface area contributed by atoms with Gasteiger partial charge in [0.1, 0.15) is 0 Å². The van der Waals surface area contributed by atoms with E-state index in [1.54, 1.807) is 0 Å². The van der Waals surface area contributed by atoms with Crippen LogP contribution in [0.15, 0.2) is 60.7 Å². The predicted molar refractivity (Wildman–Crippen MR) is 93.1 cm³/mol. The molecule has 2 atom stereocenters. The minimum atomic E-state index is -0.574. The van der Waals surface area contributed by atoms with E-state index >= 15 is 0 Å². The lowest BCUT2D eigenvalue weighted by Gasteiger charge is -2.20. The van der Waals surface area contributed by atoms with Crippen LogP contribution in [-0.4, -0.2) is 23.2 Å². The van der Waals surface area contributed by atoms with Gasteiger partial charge >= 0.3 is 0 Å². The maximum atomic E-state index is 12.0. The minimum absolute atomic E-state index is 0.000503. The van der Waals surface area contributed by atoms with Crippen LogP contribution in [0.1, 0.15) is 30.9 Å². The van der Waals surface area contributed by atoms with E-state index in [2.05, 4.69) is 17.4 Å². The lowest BCUT2D eigenvalue weighted by Crippen LogP contribution is -2.42. The molecule has 3 heteroatoms. The van der Waals surface area contributed by atoms with Crippen LogP contribution >= 0.6 is 0 Å². The van der Waals surface area contributed by atoms with Gasteiger partial charge in [-0.15, -0.1) is 0 Å². The Bertz CT molecular complexity index is 583. The monoisotopic (exact) mass is 311 g/mol. The fourth-order valence-electron chi connectivity index (χ4n) is 2.55. The Labute approximate surface area is 138 Å². The van der Waals surface area contributed by atoms with Crippen molar-refractivity contribution >= 4 is 5.91 Å². The number of aliphatic hydroxyl groups is 1. The zero-order valence-corrected chi connectivity index (χ0v) is 13.6. The molecule has 0 saturated carbocycles. The van der Waals surface area contributed by atoms with Gasteiger partial charge in [0.25, 0.3) is 0 Å². The third-order valence-corrected chi connectivity index (χ3v) is 3.97. The third kappa shape index (κ3) is 6.25. The molecule has 0 saturated heterocycles. The van der Waals surface area contributed by atoms with Gasteiger partial charge in [-0.25, -0.2) is 0 Å². The molecule has 2 unspecified atom stereocenters. The van der Waals surface area contributed by atoms with Crippen molar-refractivity contribution in [3.8, 4) is 0 Å². The van der Waals surface area contributed by atoms with Crippen molar-refractivity contribution < 1.29 is 9.90 Å². The topological polar surface area (TPSA) is 49.3 Å². The number of nitrogens with one attached hydrogen (secondary N) is 1.